The van der Waals surface area contributed by atoms with Crippen molar-refractivity contribution in [1.29, 1.82) is 0 Å². The molecule has 0 amide bonds. The number of hydrogen-bond donors (Lipinski definition) is 1. The van der Waals surface area contributed by atoms with Crippen LogP contribution < -0.4 is 14.2 Å². The molecule has 1 N–H and O–H groups in total. The Hall–Kier alpha value is -2.05. The molecule has 2 aromatic rings. The van der Waals surface area contributed by atoms with E-state index in [2.05, 4.69) is 15.9 Å². The lowest BCUT2D eigenvalue weighted by atomic mass is 10.1. The fourth-order valence-electron chi connectivity index (χ4n) is 2.51. The Kier molecular flexibility index (Phi) is 4.78. The van der Waals surface area contributed by atoms with Crippen LogP contribution in [-0.2, 0) is 4.79 Å². The molecule has 2 atom stereocenters. The zero-order valence-corrected chi connectivity index (χ0v) is 14.9. The third-order valence-electron chi connectivity index (χ3n) is 3.85. The lowest BCUT2D eigenvalue weighted by Gasteiger charge is -2.18. The third-order valence-corrected chi connectivity index (χ3v) is 4.73. The van der Waals surface area contributed by atoms with Gasteiger partial charge in [0.1, 0.15) is 16.7 Å². The number of aliphatic hydroxyl groups excluding tert-OH is 1. The summed E-state index contributed by atoms with van der Waals surface area (Å²) < 4.78 is 16.0. The molecule has 24 heavy (non-hydrogen) atoms. The number of fused-ring (bicyclic) bond motifs is 1. The highest BCUT2D eigenvalue weighted by molar-refractivity contribution is 9.10. The molecule has 1 aliphatic rings. The van der Waals surface area contributed by atoms with E-state index in [0.717, 1.165) is 11.1 Å². The van der Waals surface area contributed by atoms with Gasteiger partial charge in [-0.15, -0.1) is 0 Å². The van der Waals surface area contributed by atoms with Crippen molar-refractivity contribution in [3.63, 3.8) is 0 Å². The predicted molar refractivity (Wildman–Crippen MR) is 91.8 cm³/mol. The highest BCUT2D eigenvalue weighted by Gasteiger charge is 2.29. The normalized spacial score (nSPS) is 15.0. The second kappa shape index (κ2) is 6.83. The average Bonchev–Trinajstić information content (AvgIpc) is 3.04. The maximum absolute atomic E-state index is 12.4. The molecular weight excluding hydrogens is 376 g/mol. The summed E-state index contributed by atoms with van der Waals surface area (Å²) in [5.74, 6) is 1.13. The summed E-state index contributed by atoms with van der Waals surface area (Å²) in [5, 5.41) is 10.5. The first kappa shape index (κ1) is 16.8. The number of para-hydroxylation sites is 1. The number of esters is 1. The van der Waals surface area contributed by atoms with E-state index >= 15 is 0 Å². The van der Waals surface area contributed by atoms with Crippen LogP contribution >= 0.6 is 15.9 Å². The van der Waals surface area contributed by atoms with Crippen LogP contribution in [0.5, 0.6) is 17.2 Å². The first-order chi connectivity index (χ1) is 11.5. The smallest absolute Gasteiger partial charge is 0.328 e. The Labute approximate surface area is 148 Å². The molecule has 0 aromatic heterocycles. The van der Waals surface area contributed by atoms with E-state index < -0.39 is 16.9 Å². The Morgan fingerprint density at radius 3 is 2.54 bits per heavy atom. The highest BCUT2D eigenvalue weighted by Crippen LogP contribution is 2.36. The van der Waals surface area contributed by atoms with Crippen LogP contribution in [-0.4, -0.2) is 22.7 Å². The van der Waals surface area contributed by atoms with Crippen LogP contribution in [0.2, 0.25) is 0 Å². The first-order valence-corrected chi connectivity index (χ1v) is 8.38. The first-order valence-electron chi connectivity index (χ1n) is 7.47. The van der Waals surface area contributed by atoms with E-state index in [1.807, 2.05) is 32.0 Å². The SMILES string of the molecule is Cc1cccc(C)c1OC(=O)C(Br)C(O)c1ccc2c(c1)OCO2. The molecule has 126 valence electrons. The number of aliphatic hydroxyl groups is 1. The summed E-state index contributed by atoms with van der Waals surface area (Å²) in [4.78, 5) is 11.5. The second-order valence-electron chi connectivity index (χ2n) is 5.60. The molecule has 0 fully saturated rings. The van der Waals surface area contributed by atoms with E-state index in [4.69, 9.17) is 14.2 Å². The maximum atomic E-state index is 12.4. The minimum absolute atomic E-state index is 0.154. The molecule has 0 aliphatic carbocycles. The maximum Gasteiger partial charge on any atom is 0.328 e. The van der Waals surface area contributed by atoms with Crippen LogP contribution in [0.25, 0.3) is 0 Å². The summed E-state index contributed by atoms with van der Waals surface area (Å²) in [6, 6.07) is 10.7. The fourth-order valence-corrected chi connectivity index (χ4v) is 2.91. The molecule has 0 bridgehead atoms. The van der Waals surface area contributed by atoms with Gasteiger partial charge in [0.2, 0.25) is 6.79 Å². The van der Waals surface area contributed by atoms with Gasteiger partial charge in [-0.3, -0.25) is 4.79 Å². The molecule has 5 nitrogen and oxygen atoms in total. The van der Waals surface area contributed by atoms with E-state index in [-0.39, 0.29) is 6.79 Å². The van der Waals surface area contributed by atoms with Gasteiger partial charge in [0.15, 0.2) is 11.5 Å². The topological polar surface area (TPSA) is 65.0 Å². The average molecular weight is 393 g/mol. The number of ether oxygens (including phenoxy) is 3. The van der Waals surface area contributed by atoms with Gasteiger partial charge in [-0.05, 0) is 42.7 Å². The standard InChI is InChI=1S/C18H17BrO5/c1-10-4-3-5-11(2)17(10)24-18(21)15(19)16(20)12-6-7-13-14(8-12)23-9-22-13/h3-8,15-16,20H,9H2,1-2H3. The van der Waals surface area contributed by atoms with Crippen LogP contribution in [0.3, 0.4) is 0 Å². The van der Waals surface area contributed by atoms with Crippen LogP contribution in [0.1, 0.15) is 22.8 Å². The van der Waals surface area contributed by atoms with E-state index in [0.29, 0.717) is 22.8 Å². The molecule has 6 heteroatoms. The minimum atomic E-state index is -1.07. The minimum Gasteiger partial charge on any atom is -0.454 e. The van der Waals surface area contributed by atoms with Gasteiger partial charge < -0.3 is 19.3 Å². The van der Waals surface area contributed by atoms with Gasteiger partial charge in [0.25, 0.3) is 0 Å². The van der Waals surface area contributed by atoms with Crippen molar-refractivity contribution in [1.82, 2.24) is 0 Å². The number of rotatable bonds is 4. The Balaban J connectivity index is 1.75. The Morgan fingerprint density at radius 2 is 1.83 bits per heavy atom. The van der Waals surface area contributed by atoms with E-state index in [9.17, 15) is 9.90 Å². The Morgan fingerprint density at radius 1 is 1.17 bits per heavy atom. The Bertz CT molecular complexity index is 754. The molecule has 0 saturated carbocycles. The number of carbonyl (C=O) groups is 1. The molecule has 0 spiro atoms. The van der Waals surface area contributed by atoms with Crippen molar-refractivity contribution in [3.8, 4) is 17.2 Å². The lowest BCUT2D eigenvalue weighted by Crippen LogP contribution is -2.27. The summed E-state index contributed by atoms with van der Waals surface area (Å²) in [7, 11) is 0. The molecule has 1 aliphatic heterocycles. The molecule has 0 saturated heterocycles. The monoisotopic (exact) mass is 392 g/mol. The van der Waals surface area contributed by atoms with Gasteiger partial charge in [-0.25, -0.2) is 0 Å². The lowest BCUT2D eigenvalue weighted by molar-refractivity contribution is -0.135. The number of aryl methyl sites for hydroxylation is 2. The molecular formula is C18H17BrO5. The van der Waals surface area contributed by atoms with E-state index in [1.165, 1.54) is 0 Å². The quantitative estimate of drug-likeness (QED) is 0.490. The van der Waals surface area contributed by atoms with Gasteiger partial charge in [-0.2, -0.15) is 0 Å². The van der Waals surface area contributed by atoms with Crippen molar-refractivity contribution in [3.05, 3.63) is 53.1 Å². The number of hydrogen-bond acceptors (Lipinski definition) is 5. The van der Waals surface area contributed by atoms with Crippen molar-refractivity contribution in [2.75, 3.05) is 6.79 Å². The van der Waals surface area contributed by atoms with Gasteiger partial charge in [0.05, 0.1) is 0 Å². The molecule has 3 rings (SSSR count). The molecule has 2 unspecified atom stereocenters. The van der Waals surface area contributed by atoms with Crippen LogP contribution in [0.4, 0.5) is 0 Å². The summed E-state index contributed by atoms with van der Waals surface area (Å²) >= 11 is 3.24. The largest absolute Gasteiger partial charge is 0.454 e. The van der Waals surface area contributed by atoms with Crippen molar-refractivity contribution < 1.29 is 24.1 Å². The van der Waals surface area contributed by atoms with E-state index in [1.54, 1.807) is 18.2 Å². The van der Waals surface area contributed by atoms with Crippen molar-refractivity contribution >= 4 is 21.9 Å². The summed E-state index contributed by atoms with van der Waals surface area (Å²) in [6.45, 7) is 3.89. The van der Waals surface area contributed by atoms with Gasteiger partial charge in [0, 0.05) is 0 Å². The van der Waals surface area contributed by atoms with Gasteiger partial charge in [-0.1, -0.05) is 40.2 Å². The molecule has 1 heterocycles. The number of carbonyl (C=O) groups excluding carboxylic acids is 1. The summed E-state index contributed by atoms with van der Waals surface area (Å²) in [5.41, 5.74) is 2.26. The number of benzene rings is 2. The van der Waals surface area contributed by atoms with Gasteiger partial charge >= 0.3 is 5.97 Å². The number of halogens is 1. The predicted octanol–water partition coefficient (Wildman–Crippen LogP) is 3.43. The number of alkyl halides is 1. The van der Waals surface area contributed by atoms with Crippen LogP contribution in [0.15, 0.2) is 36.4 Å². The fraction of sp³-hybridized carbons (Fsp3) is 0.278. The summed E-state index contributed by atoms with van der Waals surface area (Å²) in [6.07, 6.45) is -1.07. The van der Waals surface area contributed by atoms with Crippen molar-refractivity contribution in [2.24, 2.45) is 0 Å². The molecule has 0 radical (unpaired) electrons. The third kappa shape index (κ3) is 3.25. The van der Waals surface area contributed by atoms with Crippen LogP contribution in [0, 0.1) is 13.8 Å². The zero-order chi connectivity index (χ0) is 17.3. The second-order valence-corrected chi connectivity index (χ2v) is 6.59. The highest BCUT2D eigenvalue weighted by atomic mass is 79.9. The zero-order valence-electron chi connectivity index (χ0n) is 13.3. The van der Waals surface area contributed by atoms with Crippen molar-refractivity contribution in [2.45, 2.75) is 24.8 Å². The molecule has 2 aromatic carbocycles.